The highest BCUT2D eigenvalue weighted by molar-refractivity contribution is 6.39. The van der Waals surface area contributed by atoms with Gasteiger partial charge in [0.15, 0.2) is 0 Å². The summed E-state index contributed by atoms with van der Waals surface area (Å²) in [5.74, 6) is -2.38. The average molecular weight is 284 g/mol. The number of benzene rings is 2. The van der Waals surface area contributed by atoms with Gasteiger partial charge in [-0.25, -0.2) is 4.79 Å². The molecule has 0 bridgehead atoms. The molecule has 0 unspecified atom stereocenters. The first-order chi connectivity index (χ1) is 9.79. The summed E-state index contributed by atoms with van der Waals surface area (Å²) in [6.07, 6.45) is 0. The van der Waals surface area contributed by atoms with Crippen LogP contribution < -0.4 is 0 Å². The first-order valence-electron chi connectivity index (χ1n) is 6.50. The molecule has 4 nitrogen and oxygen atoms in total. The van der Waals surface area contributed by atoms with Gasteiger partial charge in [-0.3, -0.25) is 4.79 Å². The minimum Gasteiger partial charge on any atom is -0.475 e. The zero-order valence-electron chi connectivity index (χ0n) is 11.8. The zero-order chi connectivity index (χ0) is 15.6. The molecule has 0 fully saturated rings. The Kier molecular flexibility index (Phi) is 3.91. The van der Waals surface area contributed by atoms with E-state index in [1.165, 1.54) is 12.1 Å². The highest BCUT2D eigenvalue weighted by Gasteiger charge is 2.16. The number of carboxylic acids is 1. The van der Waals surface area contributed by atoms with Crippen molar-refractivity contribution >= 4 is 11.8 Å². The monoisotopic (exact) mass is 284 g/mol. The average Bonchev–Trinajstić information content (AvgIpc) is 2.46. The lowest BCUT2D eigenvalue weighted by atomic mass is 9.95. The molecule has 2 N–H and O–H groups in total. The summed E-state index contributed by atoms with van der Waals surface area (Å²) in [7, 11) is 0. The number of ketones is 1. The van der Waals surface area contributed by atoms with Crippen LogP contribution in [0.2, 0.25) is 0 Å². The molecule has 0 aromatic heterocycles. The van der Waals surface area contributed by atoms with Gasteiger partial charge >= 0.3 is 5.97 Å². The fourth-order valence-electron chi connectivity index (χ4n) is 2.01. The summed E-state index contributed by atoms with van der Waals surface area (Å²) in [6, 6.07) is 13.8. The molecule has 0 saturated heterocycles. The number of carboxylic acid groups (broad SMARTS) is 1. The van der Waals surface area contributed by atoms with Crippen LogP contribution in [-0.4, -0.2) is 22.0 Å². The molecule has 0 atom stereocenters. The Labute approximate surface area is 122 Å². The molecule has 21 heavy (non-hydrogen) atoms. The van der Waals surface area contributed by atoms with Crippen LogP contribution in [-0.2, 0) is 10.4 Å². The van der Waals surface area contributed by atoms with Crippen molar-refractivity contribution in [1.82, 2.24) is 0 Å². The van der Waals surface area contributed by atoms with Crippen LogP contribution in [0.5, 0.6) is 0 Å². The Morgan fingerprint density at radius 2 is 1.29 bits per heavy atom. The third-order valence-electron chi connectivity index (χ3n) is 3.27. The van der Waals surface area contributed by atoms with E-state index in [0.717, 1.165) is 16.7 Å². The second kappa shape index (κ2) is 5.50. The standard InChI is InChI=1S/C17H16O4/c1-17(2,21)14-9-7-12(8-10-14)11-3-5-13(6-4-11)15(18)16(19)20/h3-10,21H,1-2H3,(H,19,20). The van der Waals surface area contributed by atoms with Gasteiger partial charge in [0.2, 0.25) is 0 Å². The summed E-state index contributed by atoms with van der Waals surface area (Å²) >= 11 is 0. The third-order valence-corrected chi connectivity index (χ3v) is 3.27. The fourth-order valence-corrected chi connectivity index (χ4v) is 2.01. The normalized spacial score (nSPS) is 11.2. The SMILES string of the molecule is CC(C)(O)c1ccc(-c2ccc(C(=O)C(=O)O)cc2)cc1. The molecule has 0 aliphatic rings. The highest BCUT2D eigenvalue weighted by atomic mass is 16.4. The summed E-state index contributed by atoms with van der Waals surface area (Å²) in [5, 5.41) is 18.6. The third kappa shape index (κ3) is 3.35. The van der Waals surface area contributed by atoms with Crippen molar-refractivity contribution < 1.29 is 19.8 Å². The Hall–Kier alpha value is -2.46. The number of aliphatic carboxylic acids is 1. The molecule has 0 aliphatic heterocycles. The van der Waals surface area contributed by atoms with Crippen molar-refractivity contribution in [3.8, 4) is 11.1 Å². The number of rotatable bonds is 4. The van der Waals surface area contributed by atoms with Crippen LogP contribution in [0.4, 0.5) is 0 Å². The van der Waals surface area contributed by atoms with Gasteiger partial charge in [-0.2, -0.15) is 0 Å². The fraction of sp³-hybridized carbons (Fsp3) is 0.176. The quantitative estimate of drug-likeness (QED) is 0.668. The number of hydrogen-bond donors (Lipinski definition) is 2. The van der Waals surface area contributed by atoms with E-state index in [9.17, 15) is 14.7 Å². The maximum Gasteiger partial charge on any atom is 0.377 e. The van der Waals surface area contributed by atoms with Crippen molar-refractivity contribution in [2.75, 3.05) is 0 Å². The molecule has 0 spiro atoms. The topological polar surface area (TPSA) is 74.6 Å². The van der Waals surface area contributed by atoms with Crippen molar-refractivity contribution in [3.63, 3.8) is 0 Å². The molecule has 4 heteroatoms. The Balaban J connectivity index is 2.27. The van der Waals surface area contributed by atoms with Gasteiger partial charge in [-0.15, -0.1) is 0 Å². The Morgan fingerprint density at radius 3 is 1.67 bits per heavy atom. The number of hydrogen-bond acceptors (Lipinski definition) is 3. The smallest absolute Gasteiger partial charge is 0.377 e. The van der Waals surface area contributed by atoms with Crippen LogP contribution in [0.25, 0.3) is 11.1 Å². The van der Waals surface area contributed by atoms with Crippen molar-refractivity contribution in [3.05, 3.63) is 59.7 Å². The highest BCUT2D eigenvalue weighted by Crippen LogP contribution is 2.25. The summed E-state index contributed by atoms with van der Waals surface area (Å²) < 4.78 is 0. The van der Waals surface area contributed by atoms with Gasteiger partial charge in [0.25, 0.3) is 5.78 Å². The lowest BCUT2D eigenvalue weighted by molar-refractivity contribution is -0.131. The van der Waals surface area contributed by atoms with Gasteiger partial charge in [0.05, 0.1) is 5.60 Å². The number of carbonyl (C=O) groups excluding carboxylic acids is 1. The molecule has 0 heterocycles. The van der Waals surface area contributed by atoms with Crippen LogP contribution in [0.1, 0.15) is 29.8 Å². The van der Waals surface area contributed by atoms with Gasteiger partial charge < -0.3 is 10.2 Å². The van der Waals surface area contributed by atoms with Crippen LogP contribution in [0, 0.1) is 0 Å². The predicted molar refractivity (Wildman–Crippen MR) is 79.1 cm³/mol. The number of carbonyl (C=O) groups is 2. The minimum atomic E-state index is -1.46. The first kappa shape index (κ1) is 14.9. The lowest BCUT2D eigenvalue weighted by Crippen LogP contribution is -2.14. The predicted octanol–water partition coefficient (Wildman–Crippen LogP) is 2.85. The van der Waals surface area contributed by atoms with Crippen LogP contribution in [0.3, 0.4) is 0 Å². The van der Waals surface area contributed by atoms with E-state index in [2.05, 4.69) is 0 Å². The second-order valence-electron chi connectivity index (χ2n) is 5.35. The van der Waals surface area contributed by atoms with Crippen molar-refractivity contribution in [1.29, 1.82) is 0 Å². The summed E-state index contributed by atoms with van der Waals surface area (Å²) in [6.45, 7) is 3.43. The summed E-state index contributed by atoms with van der Waals surface area (Å²) in [5.41, 5.74) is 1.87. The Bertz CT molecular complexity index is 661. The zero-order valence-corrected chi connectivity index (χ0v) is 11.8. The van der Waals surface area contributed by atoms with Gasteiger partial charge in [-0.1, -0.05) is 48.5 Å². The Morgan fingerprint density at radius 1 is 0.857 bits per heavy atom. The second-order valence-corrected chi connectivity index (χ2v) is 5.35. The van der Waals surface area contributed by atoms with Crippen LogP contribution >= 0.6 is 0 Å². The molecular formula is C17H16O4. The van der Waals surface area contributed by atoms with E-state index in [1.807, 2.05) is 24.3 Å². The number of aliphatic hydroxyl groups is 1. The lowest BCUT2D eigenvalue weighted by Gasteiger charge is -2.17. The molecule has 2 rings (SSSR count). The molecule has 0 amide bonds. The van der Waals surface area contributed by atoms with E-state index < -0.39 is 17.4 Å². The van der Waals surface area contributed by atoms with Gasteiger partial charge in [0, 0.05) is 5.56 Å². The van der Waals surface area contributed by atoms with E-state index in [1.54, 1.807) is 26.0 Å². The molecule has 2 aromatic rings. The van der Waals surface area contributed by atoms with E-state index in [-0.39, 0.29) is 5.56 Å². The largest absolute Gasteiger partial charge is 0.475 e. The van der Waals surface area contributed by atoms with Gasteiger partial charge in [0.1, 0.15) is 0 Å². The van der Waals surface area contributed by atoms with Crippen molar-refractivity contribution in [2.24, 2.45) is 0 Å². The van der Waals surface area contributed by atoms with E-state index >= 15 is 0 Å². The first-order valence-corrected chi connectivity index (χ1v) is 6.50. The number of Topliss-reactive ketones (excluding diaryl/α,β-unsaturated/α-hetero) is 1. The van der Waals surface area contributed by atoms with E-state index in [0.29, 0.717) is 0 Å². The molecule has 0 radical (unpaired) electrons. The maximum absolute atomic E-state index is 11.3. The minimum absolute atomic E-state index is 0.152. The molecule has 2 aromatic carbocycles. The molecular weight excluding hydrogens is 268 g/mol. The molecule has 108 valence electrons. The summed E-state index contributed by atoms with van der Waals surface area (Å²) in [4.78, 5) is 21.9. The van der Waals surface area contributed by atoms with Crippen molar-refractivity contribution in [2.45, 2.75) is 19.4 Å². The maximum atomic E-state index is 11.3. The van der Waals surface area contributed by atoms with Crippen LogP contribution in [0.15, 0.2) is 48.5 Å². The molecule has 0 aliphatic carbocycles. The molecule has 0 saturated carbocycles. The van der Waals surface area contributed by atoms with E-state index in [4.69, 9.17) is 5.11 Å². The van der Waals surface area contributed by atoms with Gasteiger partial charge in [-0.05, 0) is 30.5 Å².